The molecule has 7 nitrogen and oxygen atoms in total. The number of hydrogen-bond donors (Lipinski definition) is 3. The molecule has 0 heterocycles. The molecule has 0 aromatic rings. The van der Waals surface area contributed by atoms with Crippen LogP contribution in [-0.2, 0) is 19.1 Å². The first-order valence-corrected chi connectivity index (χ1v) is 3.82. The van der Waals surface area contributed by atoms with Gasteiger partial charge >= 0.3 is 17.9 Å². The molecule has 0 bridgehead atoms. The van der Waals surface area contributed by atoms with Crippen molar-refractivity contribution in [2.24, 2.45) is 0 Å². The first-order chi connectivity index (χ1) is 6.52. The van der Waals surface area contributed by atoms with Crippen LogP contribution in [0.15, 0.2) is 0 Å². The zero-order chi connectivity index (χ0) is 11.0. The Kier molecular flexibility index (Phi) is 6.04. The van der Waals surface area contributed by atoms with E-state index in [4.69, 9.17) is 10.2 Å². The highest BCUT2D eigenvalue weighted by Crippen LogP contribution is 1.84. The van der Waals surface area contributed by atoms with Crippen molar-refractivity contribution in [3.63, 3.8) is 0 Å². The van der Waals surface area contributed by atoms with E-state index in [1.54, 1.807) is 0 Å². The van der Waals surface area contributed by atoms with Crippen molar-refractivity contribution in [1.29, 1.82) is 0 Å². The van der Waals surface area contributed by atoms with Gasteiger partial charge in [0.1, 0.15) is 0 Å². The van der Waals surface area contributed by atoms with Crippen LogP contribution in [0.1, 0.15) is 6.42 Å². The number of carbonyl (C=O) groups is 3. The molecule has 7 heteroatoms. The van der Waals surface area contributed by atoms with E-state index >= 15 is 0 Å². The Morgan fingerprint density at radius 3 is 2.29 bits per heavy atom. The zero-order valence-electron chi connectivity index (χ0n) is 7.36. The molecule has 0 atom stereocenters. The molecule has 0 aromatic heterocycles. The van der Waals surface area contributed by atoms with Crippen molar-refractivity contribution in [1.82, 2.24) is 5.32 Å². The third-order valence-corrected chi connectivity index (χ3v) is 1.14. The molecule has 0 aliphatic heterocycles. The molecule has 0 amide bonds. The number of nitrogens with one attached hydrogen (secondary N) is 1. The van der Waals surface area contributed by atoms with Crippen LogP contribution in [0, 0.1) is 0 Å². The van der Waals surface area contributed by atoms with Crippen LogP contribution in [0.25, 0.3) is 0 Å². The van der Waals surface area contributed by atoms with E-state index in [0.29, 0.717) is 0 Å². The fourth-order valence-corrected chi connectivity index (χ4v) is 0.600. The van der Waals surface area contributed by atoms with Gasteiger partial charge in [-0.3, -0.25) is 9.59 Å². The van der Waals surface area contributed by atoms with Crippen LogP contribution in [-0.4, -0.2) is 47.8 Å². The molecular weight excluding hydrogens is 194 g/mol. The Balaban J connectivity index is 3.36. The molecule has 0 saturated carbocycles. The van der Waals surface area contributed by atoms with Crippen LogP contribution in [0.5, 0.6) is 0 Å². The van der Waals surface area contributed by atoms with Gasteiger partial charge < -0.3 is 20.3 Å². The van der Waals surface area contributed by atoms with Crippen LogP contribution in [0.4, 0.5) is 0 Å². The van der Waals surface area contributed by atoms with Gasteiger partial charge in [0.25, 0.3) is 0 Å². The van der Waals surface area contributed by atoms with Crippen molar-refractivity contribution in [2.75, 3.05) is 19.7 Å². The molecule has 80 valence electrons. The van der Waals surface area contributed by atoms with Gasteiger partial charge in [0.15, 0.2) is 6.61 Å². The zero-order valence-corrected chi connectivity index (χ0v) is 7.36. The summed E-state index contributed by atoms with van der Waals surface area (Å²) in [6.07, 6.45) is -0.0550. The summed E-state index contributed by atoms with van der Waals surface area (Å²) in [6, 6.07) is 0. The maximum Gasteiger partial charge on any atom is 0.341 e. The highest BCUT2D eigenvalue weighted by Gasteiger charge is 2.05. The number of esters is 1. The topological polar surface area (TPSA) is 113 Å². The lowest BCUT2D eigenvalue weighted by molar-refractivity contribution is -0.155. The summed E-state index contributed by atoms with van der Waals surface area (Å²) in [5.74, 6) is -2.92. The normalized spacial score (nSPS) is 9.43. The summed E-state index contributed by atoms with van der Waals surface area (Å²) < 4.78 is 4.28. The largest absolute Gasteiger partial charge is 0.480 e. The van der Waals surface area contributed by atoms with E-state index in [1.807, 2.05) is 0 Å². The second-order valence-electron chi connectivity index (χ2n) is 2.37. The van der Waals surface area contributed by atoms with Crippen molar-refractivity contribution in [3.05, 3.63) is 0 Å². The molecule has 0 spiro atoms. The number of hydrogen-bond acceptors (Lipinski definition) is 5. The van der Waals surface area contributed by atoms with Crippen molar-refractivity contribution in [2.45, 2.75) is 6.42 Å². The standard InChI is InChI=1S/C7H11NO6/c9-5(10)3-8-2-1-7(13)14-4-6(11)12/h8H,1-4H2,(H,9,10)(H,11,12). The van der Waals surface area contributed by atoms with Gasteiger partial charge in [0.2, 0.25) is 0 Å². The van der Waals surface area contributed by atoms with E-state index in [9.17, 15) is 14.4 Å². The maximum atomic E-state index is 10.7. The number of carboxylic acid groups (broad SMARTS) is 2. The molecule has 3 N–H and O–H groups in total. The van der Waals surface area contributed by atoms with Gasteiger partial charge in [-0.25, -0.2) is 4.79 Å². The Labute approximate surface area is 79.7 Å². The molecule has 0 aliphatic carbocycles. The SMILES string of the molecule is O=C(O)CNCCC(=O)OCC(=O)O. The predicted molar refractivity (Wildman–Crippen MR) is 43.7 cm³/mol. The first kappa shape index (κ1) is 12.4. The number of carbonyl (C=O) groups excluding carboxylic acids is 1. The Bertz CT molecular complexity index is 226. The number of carboxylic acids is 2. The summed E-state index contributed by atoms with van der Waals surface area (Å²) in [5, 5.41) is 18.8. The molecule has 14 heavy (non-hydrogen) atoms. The molecule has 0 radical (unpaired) electrons. The molecular formula is C7H11NO6. The van der Waals surface area contributed by atoms with E-state index in [0.717, 1.165) is 0 Å². The quantitative estimate of drug-likeness (QED) is 0.349. The minimum Gasteiger partial charge on any atom is -0.480 e. The van der Waals surface area contributed by atoms with Gasteiger partial charge in [-0.05, 0) is 0 Å². The monoisotopic (exact) mass is 205 g/mol. The van der Waals surface area contributed by atoms with Gasteiger partial charge in [-0.1, -0.05) is 0 Å². The lowest BCUT2D eigenvalue weighted by Crippen LogP contribution is -2.26. The minimum absolute atomic E-state index is 0.0550. The van der Waals surface area contributed by atoms with Crippen LogP contribution in [0.2, 0.25) is 0 Å². The molecule has 0 aromatic carbocycles. The summed E-state index contributed by atoms with van der Waals surface area (Å²) in [4.78, 5) is 30.7. The fourth-order valence-electron chi connectivity index (χ4n) is 0.600. The molecule has 0 fully saturated rings. The van der Waals surface area contributed by atoms with Crippen LogP contribution in [0.3, 0.4) is 0 Å². The van der Waals surface area contributed by atoms with Crippen molar-refractivity contribution < 1.29 is 29.3 Å². The summed E-state index contributed by atoms with van der Waals surface area (Å²) >= 11 is 0. The van der Waals surface area contributed by atoms with Gasteiger partial charge in [-0.15, -0.1) is 0 Å². The molecule has 0 unspecified atom stereocenters. The number of ether oxygens (including phenoxy) is 1. The number of aliphatic carboxylic acids is 2. The molecule has 0 aliphatic rings. The van der Waals surface area contributed by atoms with E-state index in [2.05, 4.69) is 10.1 Å². The van der Waals surface area contributed by atoms with Gasteiger partial charge in [0.05, 0.1) is 13.0 Å². The smallest absolute Gasteiger partial charge is 0.341 e. The van der Waals surface area contributed by atoms with Gasteiger partial charge in [-0.2, -0.15) is 0 Å². The lowest BCUT2D eigenvalue weighted by atomic mass is 10.4. The highest BCUT2D eigenvalue weighted by molar-refractivity contribution is 5.75. The van der Waals surface area contributed by atoms with Gasteiger partial charge in [0, 0.05) is 6.54 Å². The van der Waals surface area contributed by atoms with Crippen molar-refractivity contribution >= 4 is 17.9 Å². The lowest BCUT2D eigenvalue weighted by Gasteiger charge is -2.01. The Morgan fingerprint density at radius 1 is 1.14 bits per heavy atom. The summed E-state index contributed by atoms with van der Waals surface area (Å²) in [6.45, 7) is -0.769. The number of rotatable bonds is 7. The average molecular weight is 205 g/mol. The second-order valence-corrected chi connectivity index (χ2v) is 2.37. The third kappa shape index (κ3) is 8.47. The maximum absolute atomic E-state index is 10.7. The summed E-state index contributed by atoms with van der Waals surface area (Å²) in [7, 11) is 0. The van der Waals surface area contributed by atoms with Crippen molar-refractivity contribution in [3.8, 4) is 0 Å². The Hall–Kier alpha value is -1.63. The first-order valence-electron chi connectivity index (χ1n) is 3.82. The fraction of sp³-hybridized carbons (Fsp3) is 0.571. The van der Waals surface area contributed by atoms with Crippen LogP contribution >= 0.6 is 0 Å². The summed E-state index contributed by atoms with van der Waals surface area (Å²) in [5.41, 5.74) is 0. The molecule has 0 saturated heterocycles. The average Bonchev–Trinajstić information content (AvgIpc) is 2.08. The highest BCUT2D eigenvalue weighted by atomic mass is 16.5. The predicted octanol–water partition coefficient (Wildman–Crippen LogP) is -1.32. The third-order valence-electron chi connectivity index (χ3n) is 1.14. The Morgan fingerprint density at radius 2 is 1.79 bits per heavy atom. The minimum atomic E-state index is -1.23. The van der Waals surface area contributed by atoms with E-state index in [-0.39, 0.29) is 19.5 Å². The van der Waals surface area contributed by atoms with Crippen LogP contribution < -0.4 is 5.32 Å². The van der Waals surface area contributed by atoms with E-state index in [1.165, 1.54) is 0 Å². The second kappa shape index (κ2) is 6.84. The molecule has 0 rings (SSSR count). The van der Waals surface area contributed by atoms with E-state index < -0.39 is 24.5 Å².